The fraction of sp³-hybridized carbons (Fsp3) is 0.597. The summed E-state index contributed by atoms with van der Waals surface area (Å²) in [5.74, 6) is 1.07. The Morgan fingerprint density at radius 3 is 1.09 bits per heavy atom. The molecular weight excluding hydrogens is 1270 g/mol. The topological polar surface area (TPSA) is 465 Å². The summed E-state index contributed by atoms with van der Waals surface area (Å²) in [5, 5.41) is 102. The smallest absolute Gasteiger partial charge is 0.271 e. The van der Waals surface area contributed by atoms with Gasteiger partial charge in [0.2, 0.25) is 5.78 Å². The summed E-state index contributed by atoms with van der Waals surface area (Å²) in [6.45, 7) is 3.97. The number of aliphatic hydroxyl groups is 4. The normalized spacial score (nSPS) is 37.5. The zero-order valence-electron chi connectivity index (χ0n) is 56.4. The van der Waals surface area contributed by atoms with Crippen LogP contribution in [-0.4, -0.2) is 150 Å². The lowest BCUT2D eigenvalue weighted by atomic mass is 9.46. The average Bonchev–Trinajstić information content (AvgIpc) is 0.764. The maximum absolute atomic E-state index is 12.2. The third-order valence-electron chi connectivity index (χ3n) is 25.6. The van der Waals surface area contributed by atoms with Crippen molar-refractivity contribution in [2.24, 2.45) is 69.0 Å². The van der Waals surface area contributed by atoms with Crippen LogP contribution in [0.25, 0.3) is 44.1 Å². The molecule has 16 fully saturated rings. The second kappa shape index (κ2) is 22.3. The van der Waals surface area contributed by atoms with Crippen molar-refractivity contribution in [3.05, 3.63) is 71.8 Å². The van der Waals surface area contributed by atoms with E-state index in [0.29, 0.717) is 100 Å². The van der Waals surface area contributed by atoms with E-state index in [-0.39, 0.29) is 61.2 Å². The van der Waals surface area contributed by atoms with Gasteiger partial charge in [-0.1, -0.05) is 13.8 Å². The van der Waals surface area contributed by atoms with Crippen LogP contribution in [0.1, 0.15) is 210 Å². The van der Waals surface area contributed by atoms with E-state index in [9.17, 15) is 44.9 Å². The minimum absolute atomic E-state index is 0.145. The Kier molecular flexibility index (Phi) is 14.4. The number of amides is 3. The van der Waals surface area contributed by atoms with Gasteiger partial charge in [-0.25, -0.2) is 0 Å². The maximum atomic E-state index is 12.2. The van der Waals surface area contributed by atoms with Crippen molar-refractivity contribution in [1.82, 2.24) is 60.7 Å². The Hall–Kier alpha value is -8.91. The molecule has 0 spiro atoms. The monoisotopic (exact) mass is 1360 g/mol. The summed E-state index contributed by atoms with van der Waals surface area (Å²) < 4.78 is 0. The molecule has 18 N–H and O–H groups in total. The molecule has 8 aromatic heterocycles. The number of aromatic amines is 4. The number of Topliss-reactive ketones (excluding diaryl/α,β-unsaturated/α-hetero) is 1. The number of H-pyrrole nitrogens is 4. The number of nitrogens with one attached hydrogen (secondary N) is 8. The quantitative estimate of drug-likeness (QED) is 0.0488. The van der Waals surface area contributed by atoms with Crippen LogP contribution < -0.4 is 38.5 Å². The van der Waals surface area contributed by atoms with Gasteiger partial charge in [0.25, 0.3) is 17.7 Å². The van der Waals surface area contributed by atoms with Crippen LogP contribution in [0.15, 0.2) is 49.1 Å². The third kappa shape index (κ3) is 11.1. The van der Waals surface area contributed by atoms with Gasteiger partial charge in [-0.3, -0.25) is 19.2 Å². The number of primary amides is 3. The number of fused-ring (bicyclic) bond motifs is 4. The van der Waals surface area contributed by atoms with E-state index >= 15 is 0 Å². The number of hydrogen-bond donors (Lipinski definition) is 15. The zero-order chi connectivity index (χ0) is 69.4. The van der Waals surface area contributed by atoms with Crippen molar-refractivity contribution in [3.63, 3.8) is 0 Å². The van der Waals surface area contributed by atoms with Crippen LogP contribution in [0.2, 0.25) is 0 Å². The number of hydrogen-bond acceptors (Lipinski definition) is 21. The molecule has 524 valence electrons. The van der Waals surface area contributed by atoms with Gasteiger partial charge in [0.1, 0.15) is 6.61 Å². The van der Waals surface area contributed by atoms with Crippen molar-refractivity contribution in [2.75, 3.05) is 27.9 Å². The molecule has 0 aromatic carbocycles. The Balaban J connectivity index is 0.0000000997. The number of anilines is 4. The number of aromatic nitrogens is 12. The molecule has 3 amide bonds. The van der Waals surface area contributed by atoms with E-state index in [2.05, 4.69) is 102 Å². The van der Waals surface area contributed by atoms with Gasteiger partial charge in [0, 0.05) is 68.5 Å². The second-order valence-corrected chi connectivity index (χ2v) is 34.6. The first kappa shape index (κ1) is 64.5. The van der Waals surface area contributed by atoms with Gasteiger partial charge in [0.15, 0.2) is 45.4 Å². The molecule has 0 saturated heterocycles. The molecule has 16 aliphatic carbocycles. The van der Waals surface area contributed by atoms with Gasteiger partial charge >= 0.3 is 0 Å². The first-order chi connectivity index (χ1) is 47.6. The maximum Gasteiger partial charge on any atom is 0.271 e. The van der Waals surface area contributed by atoms with Gasteiger partial charge in [-0.15, -0.1) is 40.8 Å². The molecule has 8 aromatic rings. The first-order valence-electron chi connectivity index (χ1n) is 35.7. The van der Waals surface area contributed by atoms with E-state index in [4.69, 9.17) is 17.2 Å². The van der Waals surface area contributed by atoms with Crippen LogP contribution >= 0.6 is 0 Å². The number of nitrogens with zero attached hydrogens (tertiary/aromatic N) is 9. The summed E-state index contributed by atoms with van der Waals surface area (Å²) in [7, 11) is 0. The number of nitriles is 1. The number of ketones is 1. The molecule has 24 rings (SSSR count). The van der Waals surface area contributed by atoms with Gasteiger partial charge in [-0.05, 0) is 225 Å². The van der Waals surface area contributed by atoms with Crippen LogP contribution in [0.3, 0.4) is 0 Å². The highest BCUT2D eigenvalue weighted by Crippen LogP contribution is 2.67. The summed E-state index contributed by atoms with van der Waals surface area (Å²) >= 11 is 0. The molecule has 16 bridgehead atoms. The summed E-state index contributed by atoms with van der Waals surface area (Å²) in [6, 6.07) is 10.2. The number of rotatable bonds is 13. The molecule has 28 nitrogen and oxygen atoms in total. The van der Waals surface area contributed by atoms with Crippen LogP contribution in [-0.2, 0) is 0 Å². The Morgan fingerprint density at radius 2 is 0.750 bits per heavy atom. The van der Waals surface area contributed by atoms with Crippen molar-refractivity contribution >= 4 is 90.4 Å². The van der Waals surface area contributed by atoms with E-state index < -0.39 is 46.9 Å². The Bertz CT molecular complexity index is 4530. The van der Waals surface area contributed by atoms with Gasteiger partial charge in [-0.2, -0.15) is 5.26 Å². The number of carbonyl (C=O) groups excluding carboxylic acids is 4. The molecule has 16 aliphatic rings. The summed E-state index contributed by atoms with van der Waals surface area (Å²) in [4.78, 5) is 60.1. The van der Waals surface area contributed by atoms with Crippen molar-refractivity contribution in [3.8, 4) is 6.07 Å². The lowest BCUT2D eigenvalue weighted by molar-refractivity contribution is -0.161. The standard InChI is InChI=1S/C18H20N6O.2C18H23N5O2.C18H22N4O3/c19-9-17-4-10-3-11(5-17)7-18(6-10,8-17)22-13-12-1-2-21-16(12)24-23-14(13)15(20)25;2*1-16-4-10-5-17(7-16,9-18(25,6-10)8-16)21-12-11-2-3-20-15(11)23-22-13(12)14(19)24;23-8-13(24)15-14(12-1-2-19-16(12)22-21-15)20-17-4-10-3-11(5-17)7-18(25,6-10)9-17/h1-2,10-11H,3-8H2,(H2,20,25)(H2,21,22,24);2*2-3,10,25H,4-9H2,1H3,(H2,19,24)(H2,20,21,23);1-2,10-11,23,25H,3-9H2,(H2,19,20,22)/t10-,11+,17?,18?;10-,16+,17+,18?;10-,16+,17-,18?;10-,11+,17?,18?/m.11./s1. The van der Waals surface area contributed by atoms with Gasteiger partial charge in [0.05, 0.1) is 51.0 Å². The first-order valence-corrected chi connectivity index (χ1v) is 35.7. The number of nitrogens with two attached hydrogens (primary N) is 3. The highest BCUT2D eigenvalue weighted by molar-refractivity contribution is 6.08. The minimum Gasteiger partial charge on any atom is -0.390 e. The molecule has 28 heteroatoms. The molecule has 16 saturated carbocycles. The lowest BCUT2D eigenvalue weighted by Gasteiger charge is -2.64. The minimum atomic E-state index is -0.605. The predicted octanol–water partition coefficient (Wildman–Crippen LogP) is 7.84. The SMILES string of the molecule is C[C@@]12C[C@H]3CC(O)(C1)C[C@@](Nc1c(C(N)=O)nnc4[nH]ccc14)(C3)C2.C[C@@]12C[C@H]3CC(O)(C1)C[C@](Nc1c(C(N)=O)nnc4[nH]ccc14)(C3)C2.N#CC12C[C@H]3C[C@@H](C1)CC(Nc1c(C(N)=O)nnc4[nH]ccc14)(C3)C2.O=C(CO)c1nnc2[nH]ccc2c1NC12C[C@@H]3C[C@@H](CC(O)(C3)C1)C2. The number of aliphatic hydroxyl groups excluding tert-OH is 1. The second-order valence-electron chi connectivity index (χ2n) is 34.6. The molecule has 6 unspecified atom stereocenters. The van der Waals surface area contributed by atoms with Crippen molar-refractivity contribution in [1.29, 1.82) is 5.26 Å². The molecule has 0 radical (unpaired) electrons. The third-order valence-corrected chi connectivity index (χ3v) is 25.6. The molecule has 8 heterocycles. The van der Waals surface area contributed by atoms with Crippen LogP contribution in [0.5, 0.6) is 0 Å². The van der Waals surface area contributed by atoms with Crippen LogP contribution in [0.4, 0.5) is 22.7 Å². The number of carbonyl (C=O) groups is 4. The summed E-state index contributed by atoms with van der Waals surface area (Å²) in [6.07, 6.45) is 30.3. The lowest BCUT2D eigenvalue weighted by Crippen LogP contribution is -2.65. The van der Waals surface area contributed by atoms with Crippen LogP contribution in [0, 0.1) is 63.1 Å². The largest absolute Gasteiger partial charge is 0.390 e. The van der Waals surface area contributed by atoms with Crippen molar-refractivity contribution < 1.29 is 39.6 Å². The average molecular weight is 1360 g/mol. The Morgan fingerprint density at radius 1 is 0.430 bits per heavy atom. The zero-order valence-corrected chi connectivity index (χ0v) is 56.4. The van der Waals surface area contributed by atoms with Crippen molar-refractivity contribution in [2.45, 2.75) is 207 Å². The molecule has 0 aliphatic heterocycles. The highest BCUT2D eigenvalue weighted by Gasteiger charge is 2.64. The van der Waals surface area contributed by atoms with E-state index in [1.54, 1.807) is 24.8 Å². The van der Waals surface area contributed by atoms with E-state index in [1.807, 2.05) is 24.3 Å². The highest BCUT2D eigenvalue weighted by atomic mass is 16.3. The molecular formula is C72H88N20O8. The molecule has 16 atom stereocenters. The van der Waals surface area contributed by atoms with E-state index in [0.717, 1.165) is 131 Å². The molecule has 100 heavy (non-hydrogen) atoms. The predicted molar refractivity (Wildman–Crippen MR) is 369 cm³/mol. The fourth-order valence-corrected chi connectivity index (χ4v) is 25.0. The fourth-order valence-electron chi connectivity index (χ4n) is 25.0. The Labute approximate surface area is 575 Å². The van der Waals surface area contributed by atoms with Gasteiger partial charge < -0.3 is 78.8 Å². The summed E-state index contributed by atoms with van der Waals surface area (Å²) in [5.41, 5.74) is 19.9. The van der Waals surface area contributed by atoms with E-state index in [1.165, 1.54) is 25.7 Å².